The van der Waals surface area contributed by atoms with Crippen LogP contribution in [0, 0.1) is 0 Å². The number of aliphatic hydroxyl groups is 1. The molecule has 0 aromatic rings. The van der Waals surface area contributed by atoms with E-state index < -0.39 is 5.60 Å². The monoisotopic (exact) mass is 143 g/mol. The Balaban J connectivity index is 3.56. The molecule has 0 fully saturated rings. The molecule has 0 spiro atoms. The van der Waals surface area contributed by atoms with E-state index in [0.717, 1.165) is 5.70 Å². The predicted octanol–water partition coefficient (Wildman–Crippen LogP) is 1.27. The highest BCUT2D eigenvalue weighted by Crippen LogP contribution is 1.98. The summed E-state index contributed by atoms with van der Waals surface area (Å²) in [6.07, 6.45) is 1.98. The molecule has 0 aromatic carbocycles. The molecule has 2 heteroatoms. The van der Waals surface area contributed by atoms with Gasteiger partial charge >= 0.3 is 0 Å². The normalized spacial score (nSPS) is 13.5. The summed E-state index contributed by atoms with van der Waals surface area (Å²) in [6, 6.07) is 0. The first-order valence-electron chi connectivity index (χ1n) is 3.55. The molecule has 2 nitrogen and oxygen atoms in total. The molecule has 0 rings (SSSR count). The molecule has 0 aliphatic rings. The fraction of sp³-hybridized carbons (Fsp3) is 0.750. The molecular weight excluding hydrogens is 126 g/mol. The zero-order valence-corrected chi connectivity index (χ0v) is 7.23. The van der Waals surface area contributed by atoms with Gasteiger partial charge in [0.15, 0.2) is 0 Å². The number of nitrogens with one attached hydrogen (secondary N) is 1. The third-order valence-electron chi connectivity index (χ3n) is 1.23. The highest BCUT2D eigenvalue weighted by molar-refractivity contribution is 4.93. The van der Waals surface area contributed by atoms with Crippen molar-refractivity contribution in [1.82, 2.24) is 5.32 Å². The van der Waals surface area contributed by atoms with Crippen molar-refractivity contribution in [2.45, 2.75) is 33.3 Å². The first kappa shape index (κ1) is 9.50. The van der Waals surface area contributed by atoms with Gasteiger partial charge < -0.3 is 10.4 Å². The Kier molecular flexibility index (Phi) is 3.43. The van der Waals surface area contributed by atoms with E-state index in [2.05, 4.69) is 5.32 Å². The first-order valence-corrected chi connectivity index (χ1v) is 3.55. The van der Waals surface area contributed by atoms with Crippen LogP contribution in [-0.4, -0.2) is 17.3 Å². The summed E-state index contributed by atoms with van der Waals surface area (Å²) in [5.74, 6) is 0. The Hall–Kier alpha value is -0.500. The predicted molar refractivity (Wildman–Crippen MR) is 43.7 cm³/mol. The maximum Gasteiger partial charge on any atom is 0.0763 e. The van der Waals surface area contributed by atoms with E-state index in [1.165, 1.54) is 0 Å². The number of hydrogen-bond donors (Lipinski definition) is 2. The van der Waals surface area contributed by atoms with Crippen LogP contribution in [-0.2, 0) is 0 Å². The van der Waals surface area contributed by atoms with Gasteiger partial charge in [0.1, 0.15) is 0 Å². The van der Waals surface area contributed by atoms with Gasteiger partial charge in [0.2, 0.25) is 0 Å². The molecule has 10 heavy (non-hydrogen) atoms. The minimum absolute atomic E-state index is 0.600. The van der Waals surface area contributed by atoms with Gasteiger partial charge in [-0.25, -0.2) is 0 Å². The lowest BCUT2D eigenvalue weighted by molar-refractivity contribution is 0.0826. The van der Waals surface area contributed by atoms with E-state index in [0.29, 0.717) is 6.54 Å². The fourth-order valence-corrected chi connectivity index (χ4v) is 0.458. The smallest absolute Gasteiger partial charge is 0.0763 e. The van der Waals surface area contributed by atoms with Gasteiger partial charge in [-0.1, -0.05) is 6.08 Å². The Morgan fingerprint density at radius 1 is 1.60 bits per heavy atom. The molecule has 0 atom stereocenters. The van der Waals surface area contributed by atoms with Crippen LogP contribution >= 0.6 is 0 Å². The van der Waals surface area contributed by atoms with Crippen LogP contribution in [0.2, 0.25) is 0 Å². The van der Waals surface area contributed by atoms with Gasteiger partial charge in [-0.2, -0.15) is 0 Å². The summed E-state index contributed by atoms with van der Waals surface area (Å²) in [5.41, 5.74) is 0.478. The van der Waals surface area contributed by atoms with Crippen molar-refractivity contribution in [1.29, 1.82) is 0 Å². The van der Waals surface area contributed by atoms with Crippen LogP contribution in [0.5, 0.6) is 0 Å². The molecular formula is C8H17NO. The molecule has 2 N–H and O–H groups in total. The van der Waals surface area contributed by atoms with Crippen LogP contribution in [0.4, 0.5) is 0 Å². The average Bonchev–Trinajstić information content (AvgIpc) is 1.81. The van der Waals surface area contributed by atoms with Crippen LogP contribution < -0.4 is 5.32 Å². The second-order valence-electron chi connectivity index (χ2n) is 3.14. The van der Waals surface area contributed by atoms with E-state index in [4.69, 9.17) is 0 Å². The molecule has 0 aliphatic heterocycles. The first-order chi connectivity index (χ1) is 4.45. The summed E-state index contributed by atoms with van der Waals surface area (Å²) in [6.45, 7) is 8.10. The topological polar surface area (TPSA) is 32.3 Å². The average molecular weight is 143 g/mol. The van der Waals surface area contributed by atoms with Gasteiger partial charge in [-0.15, -0.1) is 0 Å². The highest BCUT2D eigenvalue weighted by Gasteiger charge is 2.10. The van der Waals surface area contributed by atoms with Crippen molar-refractivity contribution in [3.63, 3.8) is 0 Å². The van der Waals surface area contributed by atoms with Crippen molar-refractivity contribution < 1.29 is 5.11 Å². The second kappa shape index (κ2) is 3.62. The van der Waals surface area contributed by atoms with Gasteiger partial charge in [0, 0.05) is 12.2 Å². The van der Waals surface area contributed by atoms with E-state index >= 15 is 0 Å². The summed E-state index contributed by atoms with van der Waals surface area (Å²) >= 11 is 0. The standard InChI is InChI=1S/C8H17NO/c1-5-7(2)9-6-8(3,4)10/h5,9-10H,6H2,1-4H3. The molecule has 0 heterocycles. The van der Waals surface area contributed by atoms with Crippen LogP contribution in [0.15, 0.2) is 11.8 Å². The molecule has 0 saturated heterocycles. The molecule has 60 valence electrons. The van der Waals surface area contributed by atoms with Gasteiger partial charge in [-0.05, 0) is 27.7 Å². The molecule has 0 bridgehead atoms. The Labute approximate surface area is 62.9 Å². The van der Waals surface area contributed by atoms with Gasteiger partial charge in [0.25, 0.3) is 0 Å². The molecule has 0 saturated carbocycles. The molecule has 0 amide bonds. The Morgan fingerprint density at radius 2 is 2.10 bits per heavy atom. The Morgan fingerprint density at radius 3 is 2.40 bits per heavy atom. The minimum atomic E-state index is -0.621. The SMILES string of the molecule is CC=C(C)NCC(C)(C)O. The van der Waals surface area contributed by atoms with E-state index in [9.17, 15) is 5.11 Å². The molecule has 0 aliphatic carbocycles. The fourth-order valence-electron chi connectivity index (χ4n) is 0.458. The maximum atomic E-state index is 9.27. The van der Waals surface area contributed by atoms with Crippen molar-refractivity contribution in [2.24, 2.45) is 0 Å². The highest BCUT2D eigenvalue weighted by atomic mass is 16.3. The van der Waals surface area contributed by atoms with Crippen molar-refractivity contribution in [3.05, 3.63) is 11.8 Å². The zero-order chi connectivity index (χ0) is 8.20. The van der Waals surface area contributed by atoms with Crippen LogP contribution in [0.1, 0.15) is 27.7 Å². The Bertz CT molecular complexity index is 122. The van der Waals surface area contributed by atoms with Crippen LogP contribution in [0.25, 0.3) is 0 Å². The van der Waals surface area contributed by atoms with Crippen molar-refractivity contribution >= 4 is 0 Å². The molecule has 0 unspecified atom stereocenters. The van der Waals surface area contributed by atoms with Crippen LogP contribution in [0.3, 0.4) is 0 Å². The van der Waals surface area contributed by atoms with E-state index in [1.807, 2.05) is 19.9 Å². The summed E-state index contributed by atoms with van der Waals surface area (Å²) in [4.78, 5) is 0. The molecule has 0 radical (unpaired) electrons. The summed E-state index contributed by atoms with van der Waals surface area (Å²) in [7, 11) is 0. The second-order valence-corrected chi connectivity index (χ2v) is 3.14. The molecule has 0 aromatic heterocycles. The summed E-state index contributed by atoms with van der Waals surface area (Å²) < 4.78 is 0. The quantitative estimate of drug-likeness (QED) is 0.623. The van der Waals surface area contributed by atoms with Crippen molar-refractivity contribution in [2.75, 3.05) is 6.54 Å². The third-order valence-corrected chi connectivity index (χ3v) is 1.23. The zero-order valence-electron chi connectivity index (χ0n) is 7.23. The number of allylic oxidation sites excluding steroid dienone is 2. The largest absolute Gasteiger partial charge is 0.389 e. The van der Waals surface area contributed by atoms with E-state index in [-0.39, 0.29) is 0 Å². The minimum Gasteiger partial charge on any atom is -0.389 e. The van der Waals surface area contributed by atoms with Crippen molar-refractivity contribution in [3.8, 4) is 0 Å². The van der Waals surface area contributed by atoms with Gasteiger partial charge in [0.05, 0.1) is 5.60 Å². The third kappa shape index (κ3) is 5.63. The number of hydrogen-bond acceptors (Lipinski definition) is 2. The lowest BCUT2D eigenvalue weighted by Crippen LogP contribution is -2.33. The lowest BCUT2D eigenvalue weighted by atomic mass is 10.1. The maximum absolute atomic E-state index is 9.27. The summed E-state index contributed by atoms with van der Waals surface area (Å²) in [5, 5.41) is 12.4. The lowest BCUT2D eigenvalue weighted by Gasteiger charge is -2.18. The van der Waals surface area contributed by atoms with Gasteiger partial charge in [-0.3, -0.25) is 0 Å². The van der Waals surface area contributed by atoms with E-state index in [1.54, 1.807) is 13.8 Å². The number of rotatable bonds is 3.